The fraction of sp³-hybridized carbons (Fsp3) is 0.148. The summed E-state index contributed by atoms with van der Waals surface area (Å²) >= 11 is 5.50. The first-order valence-corrected chi connectivity index (χ1v) is 13.1. The summed E-state index contributed by atoms with van der Waals surface area (Å²) in [7, 11) is 1.51. The lowest BCUT2D eigenvalue weighted by Crippen LogP contribution is -2.54. The third-order valence-electron chi connectivity index (χ3n) is 5.37. The summed E-state index contributed by atoms with van der Waals surface area (Å²) in [6.07, 6.45) is 1.42. The molecular weight excluding hydrogens is 655 g/mol. The van der Waals surface area contributed by atoms with Crippen molar-refractivity contribution in [3.05, 3.63) is 85.4 Å². The fourth-order valence-electron chi connectivity index (χ4n) is 3.60. The molecule has 1 heterocycles. The molecule has 0 spiro atoms. The molecule has 3 aromatic rings. The van der Waals surface area contributed by atoms with Gasteiger partial charge in [-0.1, -0.05) is 28.1 Å². The molecule has 1 saturated heterocycles. The molecule has 4 rings (SSSR count). The molecule has 1 aliphatic heterocycles. The number of benzene rings is 3. The van der Waals surface area contributed by atoms with E-state index in [1.807, 2.05) is 31.2 Å². The maximum Gasteiger partial charge on any atom is 0.335 e. The van der Waals surface area contributed by atoms with Crippen LogP contribution >= 0.6 is 38.5 Å². The van der Waals surface area contributed by atoms with Gasteiger partial charge in [0.2, 0.25) is 0 Å². The number of nitrogens with zero attached hydrogens (tertiary/aromatic N) is 1. The Kier molecular flexibility index (Phi) is 8.49. The third kappa shape index (κ3) is 6.13. The average Bonchev–Trinajstić information content (AvgIpc) is 2.88. The van der Waals surface area contributed by atoms with Crippen LogP contribution in [0.25, 0.3) is 6.08 Å². The van der Waals surface area contributed by atoms with Crippen molar-refractivity contribution in [3.63, 3.8) is 0 Å². The van der Waals surface area contributed by atoms with Gasteiger partial charge in [-0.15, -0.1) is 0 Å². The topological polar surface area (TPSA) is 94.2 Å². The number of nitrogens with one attached hydrogen (secondary N) is 1. The highest BCUT2D eigenvalue weighted by atomic mass is 127. The van der Waals surface area contributed by atoms with E-state index in [2.05, 4.69) is 43.8 Å². The average molecular weight is 677 g/mol. The molecule has 1 fully saturated rings. The number of carbonyl (C=O) groups excluding carboxylic acids is 3. The van der Waals surface area contributed by atoms with Crippen LogP contribution in [0.2, 0.25) is 0 Å². The minimum absolute atomic E-state index is 0.183. The van der Waals surface area contributed by atoms with Gasteiger partial charge in [0.05, 0.1) is 23.0 Å². The molecule has 10 heteroatoms. The Morgan fingerprint density at radius 2 is 1.70 bits per heavy atom. The number of imide groups is 2. The molecule has 3 aromatic carbocycles. The molecule has 8 nitrogen and oxygen atoms in total. The predicted molar refractivity (Wildman–Crippen MR) is 151 cm³/mol. The minimum Gasteiger partial charge on any atom is -0.493 e. The van der Waals surface area contributed by atoms with Gasteiger partial charge in [-0.05, 0) is 95.2 Å². The van der Waals surface area contributed by atoms with Crippen molar-refractivity contribution in [1.29, 1.82) is 0 Å². The molecule has 4 amide bonds. The number of halogens is 2. The first-order valence-electron chi connectivity index (χ1n) is 11.2. The van der Waals surface area contributed by atoms with Crippen LogP contribution < -0.4 is 24.4 Å². The highest BCUT2D eigenvalue weighted by molar-refractivity contribution is 14.1. The van der Waals surface area contributed by atoms with Crippen molar-refractivity contribution in [3.8, 4) is 17.2 Å². The van der Waals surface area contributed by atoms with Crippen molar-refractivity contribution in [1.82, 2.24) is 5.32 Å². The van der Waals surface area contributed by atoms with Crippen LogP contribution in [0.4, 0.5) is 10.5 Å². The van der Waals surface area contributed by atoms with Crippen LogP contribution in [0.15, 0.2) is 70.7 Å². The van der Waals surface area contributed by atoms with Gasteiger partial charge in [-0.2, -0.15) is 0 Å². The molecule has 0 atom stereocenters. The Hall–Kier alpha value is -3.38. The monoisotopic (exact) mass is 676 g/mol. The van der Waals surface area contributed by atoms with Crippen molar-refractivity contribution in [2.24, 2.45) is 0 Å². The van der Waals surface area contributed by atoms with E-state index in [-0.39, 0.29) is 5.57 Å². The minimum atomic E-state index is -0.825. The van der Waals surface area contributed by atoms with E-state index in [0.29, 0.717) is 41.7 Å². The number of urea groups is 1. The Morgan fingerprint density at radius 1 is 1.00 bits per heavy atom. The van der Waals surface area contributed by atoms with E-state index >= 15 is 0 Å². The van der Waals surface area contributed by atoms with E-state index in [1.54, 1.807) is 36.4 Å². The van der Waals surface area contributed by atoms with Crippen LogP contribution in [-0.2, 0) is 16.2 Å². The number of carbonyl (C=O) groups is 3. The maximum absolute atomic E-state index is 13.3. The number of anilines is 1. The van der Waals surface area contributed by atoms with Gasteiger partial charge in [0, 0.05) is 4.47 Å². The Morgan fingerprint density at radius 3 is 2.35 bits per heavy atom. The third-order valence-corrected chi connectivity index (χ3v) is 6.70. The first-order chi connectivity index (χ1) is 17.8. The number of ether oxygens (including phenoxy) is 3. The predicted octanol–water partition coefficient (Wildman–Crippen LogP) is 5.71. The van der Waals surface area contributed by atoms with E-state index < -0.39 is 17.8 Å². The van der Waals surface area contributed by atoms with E-state index in [9.17, 15) is 14.4 Å². The van der Waals surface area contributed by atoms with Crippen molar-refractivity contribution >= 4 is 68.1 Å². The molecule has 0 unspecified atom stereocenters. The molecule has 0 aromatic heterocycles. The Bertz CT molecular complexity index is 1370. The number of hydrogen-bond donors (Lipinski definition) is 1. The molecule has 190 valence electrons. The van der Waals surface area contributed by atoms with E-state index in [1.165, 1.54) is 13.2 Å². The largest absolute Gasteiger partial charge is 0.493 e. The lowest BCUT2D eigenvalue weighted by Gasteiger charge is -2.26. The number of hydrogen-bond acceptors (Lipinski definition) is 6. The summed E-state index contributed by atoms with van der Waals surface area (Å²) in [4.78, 5) is 39.3. The SMILES string of the molecule is CCOc1c(I)cc(/C=C2\C(=O)NC(=O)N(c3ccc(OCc4ccc(Br)cc4)cc3)C2=O)cc1OC. The molecule has 0 aliphatic carbocycles. The smallest absolute Gasteiger partial charge is 0.335 e. The van der Waals surface area contributed by atoms with Gasteiger partial charge in [0.15, 0.2) is 11.5 Å². The second-order valence-corrected chi connectivity index (χ2v) is 9.91. The highest BCUT2D eigenvalue weighted by Crippen LogP contribution is 2.35. The molecule has 0 saturated carbocycles. The quantitative estimate of drug-likeness (QED) is 0.187. The maximum atomic E-state index is 13.3. The van der Waals surface area contributed by atoms with Gasteiger partial charge in [-0.25, -0.2) is 9.69 Å². The zero-order valence-corrected chi connectivity index (χ0v) is 23.7. The summed E-state index contributed by atoms with van der Waals surface area (Å²) in [5.74, 6) is 0.102. The van der Waals surface area contributed by atoms with Gasteiger partial charge in [0.1, 0.15) is 17.9 Å². The van der Waals surface area contributed by atoms with E-state index in [4.69, 9.17) is 14.2 Å². The Balaban J connectivity index is 1.56. The van der Waals surface area contributed by atoms with Crippen LogP contribution in [0.3, 0.4) is 0 Å². The zero-order valence-electron chi connectivity index (χ0n) is 19.9. The molecule has 1 aliphatic rings. The first kappa shape index (κ1) is 26.7. The summed E-state index contributed by atoms with van der Waals surface area (Å²) in [5.41, 5.74) is 1.66. The standard InChI is InChI=1S/C27H22BrIN2O6/c1-3-36-24-22(29)13-17(14-23(24)35-2)12-21-25(32)30-27(34)31(26(21)33)19-8-10-20(11-9-19)37-15-16-4-6-18(28)7-5-16/h4-14H,3,15H2,1-2H3,(H,30,32,34)/b21-12+. The van der Waals surface area contributed by atoms with Crippen molar-refractivity contribution in [2.75, 3.05) is 18.6 Å². The number of methoxy groups -OCH3 is 1. The number of rotatable bonds is 8. The van der Waals surface area contributed by atoms with Crippen LogP contribution in [0.1, 0.15) is 18.1 Å². The van der Waals surface area contributed by atoms with Crippen LogP contribution in [0.5, 0.6) is 17.2 Å². The highest BCUT2D eigenvalue weighted by Gasteiger charge is 2.37. The van der Waals surface area contributed by atoms with E-state index in [0.717, 1.165) is 18.5 Å². The molecule has 0 bridgehead atoms. The summed E-state index contributed by atoms with van der Waals surface area (Å²) in [6.45, 7) is 2.68. The second-order valence-electron chi connectivity index (χ2n) is 7.83. The van der Waals surface area contributed by atoms with Gasteiger partial charge >= 0.3 is 6.03 Å². The molecule has 0 radical (unpaired) electrons. The number of barbiturate groups is 1. The molecule has 1 N–H and O–H groups in total. The lowest BCUT2D eigenvalue weighted by molar-refractivity contribution is -0.122. The summed E-state index contributed by atoms with van der Waals surface area (Å²) < 4.78 is 18.6. The van der Waals surface area contributed by atoms with Gasteiger partial charge in [0.25, 0.3) is 11.8 Å². The van der Waals surface area contributed by atoms with Crippen molar-refractivity contribution < 1.29 is 28.6 Å². The number of amides is 4. The zero-order chi connectivity index (χ0) is 26.5. The lowest BCUT2D eigenvalue weighted by atomic mass is 10.1. The van der Waals surface area contributed by atoms with Crippen LogP contribution in [0, 0.1) is 3.57 Å². The Labute approximate surface area is 235 Å². The summed E-state index contributed by atoms with van der Waals surface area (Å²) in [5, 5.41) is 2.24. The second kappa shape index (κ2) is 11.8. The molecule has 37 heavy (non-hydrogen) atoms. The normalized spacial score (nSPS) is 14.5. The van der Waals surface area contributed by atoms with Crippen LogP contribution in [-0.4, -0.2) is 31.6 Å². The molecular formula is C27H22BrIN2O6. The van der Waals surface area contributed by atoms with Gasteiger partial charge < -0.3 is 14.2 Å². The van der Waals surface area contributed by atoms with Gasteiger partial charge in [-0.3, -0.25) is 14.9 Å². The van der Waals surface area contributed by atoms with Crippen molar-refractivity contribution in [2.45, 2.75) is 13.5 Å². The fourth-order valence-corrected chi connectivity index (χ4v) is 4.65. The summed E-state index contributed by atoms with van der Waals surface area (Å²) in [6, 6.07) is 16.9.